The fourth-order valence-corrected chi connectivity index (χ4v) is 3.79. The SMILES string of the molecule is CCC1c2ccc(C)cc2CCN1S(C)(=O)=O. The van der Waals surface area contributed by atoms with Gasteiger partial charge in [-0.3, -0.25) is 0 Å². The third kappa shape index (κ3) is 2.38. The molecule has 17 heavy (non-hydrogen) atoms. The van der Waals surface area contributed by atoms with Crippen LogP contribution in [0.5, 0.6) is 0 Å². The second-order valence-electron chi connectivity index (χ2n) is 4.75. The largest absolute Gasteiger partial charge is 0.212 e. The summed E-state index contributed by atoms with van der Waals surface area (Å²) in [5, 5.41) is 0. The summed E-state index contributed by atoms with van der Waals surface area (Å²) in [7, 11) is -3.11. The Kier molecular flexibility index (Phi) is 3.27. The van der Waals surface area contributed by atoms with E-state index in [1.807, 2.05) is 6.92 Å². The lowest BCUT2D eigenvalue weighted by atomic mass is 9.91. The third-order valence-electron chi connectivity index (χ3n) is 3.42. The Hall–Kier alpha value is -0.870. The summed E-state index contributed by atoms with van der Waals surface area (Å²) in [5.41, 5.74) is 3.72. The van der Waals surface area contributed by atoms with Crippen molar-refractivity contribution in [3.63, 3.8) is 0 Å². The van der Waals surface area contributed by atoms with E-state index in [1.54, 1.807) is 4.31 Å². The number of nitrogens with zero attached hydrogens (tertiary/aromatic N) is 1. The summed E-state index contributed by atoms with van der Waals surface area (Å²) < 4.78 is 25.1. The molecule has 1 atom stereocenters. The molecular weight excluding hydrogens is 234 g/mol. The zero-order chi connectivity index (χ0) is 12.6. The molecule has 0 N–H and O–H groups in total. The number of hydrogen-bond acceptors (Lipinski definition) is 2. The lowest BCUT2D eigenvalue weighted by molar-refractivity contribution is 0.303. The average Bonchev–Trinajstić information content (AvgIpc) is 2.25. The van der Waals surface area contributed by atoms with E-state index in [2.05, 4.69) is 25.1 Å². The highest BCUT2D eigenvalue weighted by Crippen LogP contribution is 2.34. The standard InChI is InChI=1S/C13H19NO2S/c1-4-13-12-6-5-10(2)9-11(12)7-8-14(13)17(3,15)16/h5-6,9,13H,4,7-8H2,1-3H3. The first-order valence-corrected chi connectivity index (χ1v) is 7.84. The first kappa shape index (κ1) is 12.6. The van der Waals surface area contributed by atoms with Crippen molar-refractivity contribution in [2.45, 2.75) is 32.7 Å². The Morgan fingerprint density at radius 2 is 2.12 bits per heavy atom. The van der Waals surface area contributed by atoms with Gasteiger partial charge in [0.2, 0.25) is 10.0 Å². The molecule has 3 nitrogen and oxygen atoms in total. The van der Waals surface area contributed by atoms with Crippen molar-refractivity contribution in [2.24, 2.45) is 0 Å². The number of hydrogen-bond donors (Lipinski definition) is 0. The van der Waals surface area contributed by atoms with Crippen molar-refractivity contribution in [3.05, 3.63) is 34.9 Å². The molecule has 1 aromatic rings. The molecule has 0 amide bonds. The van der Waals surface area contributed by atoms with Crippen LogP contribution in [0.15, 0.2) is 18.2 Å². The van der Waals surface area contributed by atoms with Gasteiger partial charge in [-0.15, -0.1) is 0 Å². The minimum absolute atomic E-state index is 0.00866. The van der Waals surface area contributed by atoms with Gasteiger partial charge in [-0.1, -0.05) is 30.7 Å². The second-order valence-corrected chi connectivity index (χ2v) is 6.69. The summed E-state index contributed by atoms with van der Waals surface area (Å²) in [6, 6.07) is 6.33. The Morgan fingerprint density at radius 1 is 1.41 bits per heavy atom. The Labute approximate surface area is 104 Å². The van der Waals surface area contributed by atoms with Crippen molar-refractivity contribution < 1.29 is 8.42 Å². The fourth-order valence-electron chi connectivity index (χ4n) is 2.64. The Bertz CT molecular complexity index is 522. The maximum absolute atomic E-state index is 11.8. The summed E-state index contributed by atoms with van der Waals surface area (Å²) in [6.45, 7) is 4.72. The lowest BCUT2D eigenvalue weighted by Crippen LogP contribution is -2.39. The third-order valence-corrected chi connectivity index (χ3v) is 4.71. The van der Waals surface area contributed by atoms with Crippen molar-refractivity contribution in [1.29, 1.82) is 0 Å². The van der Waals surface area contributed by atoms with Gasteiger partial charge in [0.25, 0.3) is 0 Å². The van der Waals surface area contributed by atoms with Crippen LogP contribution in [-0.4, -0.2) is 25.5 Å². The molecule has 1 unspecified atom stereocenters. The molecule has 94 valence electrons. The number of benzene rings is 1. The van der Waals surface area contributed by atoms with E-state index in [0.29, 0.717) is 6.54 Å². The molecule has 1 aromatic carbocycles. The van der Waals surface area contributed by atoms with Crippen LogP contribution in [0.4, 0.5) is 0 Å². The molecular formula is C13H19NO2S. The molecule has 0 aliphatic carbocycles. The minimum Gasteiger partial charge on any atom is -0.212 e. The molecule has 0 saturated carbocycles. The maximum atomic E-state index is 11.8. The van der Waals surface area contributed by atoms with E-state index in [4.69, 9.17) is 0 Å². The number of rotatable bonds is 2. The van der Waals surface area contributed by atoms with Crippen LogP contribution < -0.4 is 0 Å². The Balaban J connectivity index is 2.47. The fraction of sp³-hybridized carbons (Fsp3) is 0.538. The number of sulfonamides is 1. The maximum Gasteiger partial charge on any atom is 0.211 e. The van der Waals surface area contributed by atoms with Gasteiger partial charge < -0.3 is 0 Å². The van der Waals surface area contributed by atoms with Crippen LogP contribution >= 0.6 is 0 Å². The van der Waals surface area contributed by atoms with E-state index >= 15 is 0 Å². The molecule has 0 saturated heterocycles. The molecule has 0 radical (unpaired) electrons. The number of fused-ring (bicyclic) bond motifs is 1. The van der Waals surface area contributed by atoms with Gasteiger partial charge in [-0.05, 0) is 30.9 Å². The van der Waals surface area contributed by atoms with Crippen LogP contribution in [0.25, 0.3) is 0 Å². The molecule has 1 aliphatic heterocycles. The van der Waals surface area contributed by atoms with Crippen LogP contribution in [0, 0.1) is 6.92 Å². The first-order chi connectivity index (χ1) is 7.93. The Morgan fingerprint density at radius 3 is 2.71 bits per heavy atom. The summed E-state index contributed by atoms with van der Waals surface area (Å²) in [4.78, 5) is 0. The van der Waals surface area contributed by atoms with Gasteiger partial charge in [0, 0.05) is 12.6 Å². The van der Waals surface area contributed by atoms with Gasteiger partial charge in [0.1, 0.15) is 0 Å². The van der Waals surface area contributed by atoms with E-state index in [9.17, 15) is 8.42 Å². The summed E-state index contributed by atoms with van der Waals surface area (Å²) >= 11 is 0. The summed E-state index contributed by atoms with van der Waals surface area (Å²) in [5.74, 6) is 0. The predicted molar refractivity (Wildman–Crippen MR) is 69.5 cm³/mol. The zero-order valence-corrected chi connectivity index (χ0v) is 11.4. The van der Waals surface area contributed by atoms with E-state index in [-0.39, 0.29) is 6.04 Å². The van der Waals surface area contributed by atoms with Gasteiger partial charge in [0.15, 0.2) is 0 Å². The highest BCUT2D eigenvalue weighted by molar-refractivity contribution is 7.88. The molecule has 4 heteroatoms. The van der Waals surface area contributed by atoms with Crippen molar-refractivity contribution in [3.8, 4) is 0 Å². The van der Waals surface area contributed by atoms with Crippen LogP contribution in [0.3, 0.4) is 0 Å². The highest BCUT2D eigenvalue weighted by atomic mass is 32.2. The molecule has 2 rings (SSSR count). The van der Waals surface area contributed by atoms with E-state index in [0.717, 1.165) is 12.8 Å². The predicted octanol–water partition coefficient (Wildman–Crippen LogP) is 2.26. The second kappa shape index (κ2) is 4.42. The molecule has 0 spiro atoms. The highest BCUT2D eigenvalue weighted by Gasteiger charge is 2.31. The van der Waals surface area contributed by atoms with Gasteiger partial charge in [0.05, 0.1) is 6.26 Å². The van der Waals surface area contributed by atoms with Crippen LogP contribution in [0.1, 0.15) is 36.1 Å². The van der Waals surface area contributed by atoms with Crippen LogP contribution in [-0.2, 0) is 16.4 Å². The molecule has 1 heterocycles. The van der Waals surface area contributed by atoms with Gasteiger partial charge >= 0.3 is 0 Å². The van der Waals surface area contributed by atoms with Gasteiger partial charge in [-0.2, -0.15) is 4.31 Å². The van der Waals surface area contributed by atoms with Crippen molar-refractivity contribution in [2.75, 3.05) is 12.8 Å². The van der Waals surface area contributed by atoms with E-state index in [1.165, 1.54) is 22.9 Å². The topological polar surface area (TPSA) is 37.4 Å². The molecule has 1 aliphatic rings. The van der Waals surface area contributed by atoms with Crippen molar-refractivity contribution in [1.82, 2.24) is 4.31 Å². The van der Waals surface area contributed by atoms with E-state index < -0.39 is 10.0 Å². The average molecular weight is 253 g/mol. The van der Waals surface area contributed by atoms with Gasteiger partial charge in [-0.25, -0.2) is 8.42 Å². The van der Waals surface area contributed by atoms with Crippen LogP contribution in [0.2, 0.25) is 0 Å². The zero-order valence-electron chi connectivity index (χ0n) is 10.6. The minimum atomic E-state index is -3.11. The smallest absolute Gasteiger partial charge is 0.211 e. The normalized spacial score (nSPS) is 21.2. The molecule has 0 aromatic heterocycles. The number of aryl methyl sites for hydroxylation is 1. The monoisotopic (exact) mass is 253 g/mol. The van der Waals surface area contributed by atoms with Crippen molar-refractivity contribution >= 4 is 10.0 Å². The lowest BCUT2D eigenvalue weighted by Gasteiger charge is -2.35. The summed E-state index contributed by atoms with van der Waals surface area (Å²) in [6.07, 6.45) is 2.94. The first-order valence-electron chi connectivity index (χ1n) is 5.99. The molecule has 0 fully saturated rings. The molecule has 0 bridgehead atoms. The quantitative estimate of drug-likeness (QED) is 0.810.